The third-order valence-corrected chi connectivity index (χ3v) is 1.80. The SMILES string of the molecule is O=C(O)C1CC(c2ccoc2)=NO1. The van der Waals surface area contributed by atoms with Gasteiger partial charge in [0.05, 0.1) is 18.2 Å². The van der Waals surface area contributed by atoms with E-state index in [9.17, 15) is 4.79 Å². The van der Waals surface area contributed by atoms with Crippen LogP contribution in [0.4, 0.5) is 0 Å². The van der Waals surface area contributed by atoms with E-state index in [0.717, 1.165) is 5.56 Å². The van der Waals surface area contributed by atoms with E-state index in [-0.39, 0.29) is 6.42 Å². The van der Waals surface area contributed by atoms with E-state index in [1.807, 2.05) is 0 Å². The first-order chi connectivity index (χ1) is 6.27. The average Bonchev–Trinajstić information content (AvgIpc) is 2.75. The monoisotopic (exact) mass is 181 g/mol. The number of carboxylic acids is 1. The van der Waals surface area contributed by atoms with E-state index in [4.69, 9.17) is 14.4 Å². The third-order valence-electron chi connectivity index (χ3n) is 1.80. The smallest absolute Gasteiger partial charge is 0.348 e. The largest absolute Gasteiger partial charge is 0.478 e. The van der Waals surface area contributed by atoms with Crippen molar-refractivity contribution in [3.05, 3.63) is 24.2 Å². The molecular formula is C8H7NO4. The molecule has 5 heteroatoms. The lowest BCUT2D eigenvalue weighted by Gasteiger charge is -1.98. The van der Waals surface area contributed by atoms with Gasteiger partial charge >= 0.3 is 5.97 Å². The Kier molecular flexibility index (Phi) is 1.77. The van der Waals surface area contributed by atoms with Crippen LogP contribution in [0.2, 0.25) is 0 Å². The van der Waals surface area contributed by atoms with Gasteiger partial charge in [-0.05, 0) is 6.07 Å². The zero-order valence-corrected chi connectivity index (χ0v) is 6.64. The molecule has 1 aromatic heterocycles. The second-order valence-electron chi connectivity index (χ2n) is 2.69. The number of nitrogens with zero attached hydrogens (tertiary/aromatic N) is 1. The van der Waals surface area contributed by atoms with Gasteiger partial charge in [0, 0.05) is 12.0 Å². The Morgan fingerprint density at radius 2 is 2.54 bits per heavy atom. The molecule has 0 bridgehead atoms. The maximum absolute atomic E-state index is 10.5. The van der Waals surface area contributed by atoms with Gasteiger partial charge in [-0.15, -0.1) is 0 Å². The van der Waals surface area contributed by atoms with Gasteiger partial charge in [0.25, 0.3) is 0 Å². The van der Waals surface area contributed by atoms with E-state index in [1.165, 1.54) is 12.5 Å². The van der Waals surface area contributed by atoms with Crippen molar-refractivity contribution in [2.24, 2.45) is 5.16 Å². The van der Waals surface area contributed by atoms with Gasteiger partial charge in [0.2, 0.25) is 6.10 Å². The molecule has 2 rings (SSSR count). The van der Waals surface area contributed by atoms with Crippen molar-refractivity contribution in [3.63, 3.8) is 0 Å². The zero-order chi connectivity index (χ0) is 9.26. The lowest BCUT2D eigenvalue weighted by molar-refractivity contribution is -0.148. The summed E-state index contributed by atoms with van der Waals surface area (Å²) in [5.74, 6) is -0.998. The Labute approximate surface area is 73.6 Å². The first kappa shape index (κ1) is 7.85. The number of rotatable bonds is 2. The lowest BCUT2D eigenvalue weighted by atomic mass is 10.1. The van der Waals surface area contributed by atoms with E-state index in [0.29, 0.717) is 5.71 Å². The molecule has 0 aromatic carbocycles. The Hall–Kier alpha value is -1.78. The van der Waals surface area contributed by atoms with Crippen LogP contribution in [0.3, 0.4) is 0 Å². The summed E-state index contributed by atoms with van der Waals surface area (Å²) < 4.78 is 4.84. The van der Waals surface area contributed by atoms with Crippen molar-refractivity contribution in [2.45, 2.75) is 12.5 Å². The predicted octanol–water partition coefficient (Wildman–Crippen LogP) is 0.857. The molecule has 68 valence electrons. The van der Waals surface area contributed by atoms with Gasteiger partial charge in [-0.3, -0.25) is 0 Å². The van der Waals surface area contributed by atoms with Crippen LogP contribution < -0.4 is 0 Å². The fourth-order valence-electron chi connectivity index (χ4n) is 1.11. The predicted molar refractivity (Wildman–Crippen MR) is 42.4 cm³/mol. The minimum Gasteiger partial charge on any atom is -0.478 e. The van der Waals surface area contributed by atoms with Crippen LogP contribution in [-0.4, -0.2) is 22.9 Å². The molecule has 0 radical (unpaired) electrons. The molecule has 2 heterocycles. The molecule has 0 saturated carbocycles. The summed E-state index contributed by atoms with van der Waals surface area (Å²) in [6.07, 6.45) is 2.44. The van der Waals surface area contributed by atoms with Crippen LogP contribution in [0.15, 0.2) is 28.2 Å². The van der Waals surface area contributed by atoms with Crippen molar-refractivity contribution < 1.29 is 19.2 Å². The van der Waals surface area contributed by atoms with Crippen molar-refractivity contribution in [3.8, 4) is 0 Å². The summed E-state index contributed by atoms with van der Waals surface area (Å²) in [5, 5.41) is 12.3. The molecule has 0 aliphatic carbocycles. The summed E-state index contributed by atoms with van der Waals surface area (Å²) in [4.78, 5) is 15.2. The number of carbonyl (C=O) groups is 1. The first-order valence-corrected chi connectivity index (χ1v) is 3.75. The molecule has 1 atom stereocenters. The first-order valence-electron chi connectivity index (χ1n) is 3.75. The van der Waals surface area contributed by atoms with Gasteiger partial charge in [-0.1, -0.05) is 5.16 Å². The fraction of sp³-hybridized carbons (Fsp3) is 0.250. The maximum Gasteiger partial charge on any atom is 0.348 e. The average molecular weight is 181 g/mol. The van der Waals surface area contributed by atoms with Crippen molar-refractivity contribution >= 4 is 11.7 Å². The van der Waals surface area contributed by atoms with E-state index >= 15 is 0 Å². The Morgan fingerprint density at radius 3 is 3.08 bits per heavy atom. The molecule has 1 aliphatic rings. The molecule has 13 heavy (non-hydrogen) atoms. The Balaban J connectivity index is 2.10. The molecule has 0 amide bonds. The quantitative estimate of drug-likeness (QED) is 0.734. The standard InChI is InChI=1S/C8H7NO4/c10-8(11)7-3-6(9-13-7)5-1-2-12-4-5/h1-2,4,7H,3H2,(H,10,11). The van der Waals surface area contributed by atoms with Crippen LogP contribution in [0.1, 0.15) is 12.0 Å². The van der Waals surface area contributed by atoms with Crippen molar-refractivity contribution in [2.75, 3.05) is 0 Å². The molecular weight excluding hydrogens is 174 g/mol. The molecule has 0 saturated heterocycles. The fourth-order valence-corrected chi connectivity index (χ4v) is 1.11. The lowest BCUT2D eigenvalue weighted by Crippen LogP contribution is -2.19. The third kappa shape index (κ3) is 1.40. The maximum atomic E-state index is 10.5. The van der Waals surface area contributed by atoms with Gasteiger partial charge < -0.3 is 14.4 Å². The van der Waals surface area contributed by atoms with Crippen LogP contribution >= 0.6 is 0 Å². The zero-order valence-electron chi connectivity index (χ0n) is 6.64. The van der Waals surface area contributed by atoms with Gasteiger partial charge in [0.1, 0.15) is 0 Å². The summed E-state index contributed by atoms with van der Waals surface area (Å²) in [6.45, 7) is 0. The molecule has 1 aromatic rings. The number of aliphatic carboxylic acids is 1. The van der Waals surface area contributed by atoms with Gasteiger partial charge in [-0.25, -0.2) is 4.79 Å². The number of hydrogen-bond donors (Lipinski definition) is 1. The van der Waals surface area contributed by atoms with Crippen LogP contribution in [0.25, 0.3) is 0 Å². The molecule has 5 nitrogen and oxygen atoms in total. The Bertz CT molecular complexity index is 341. The highest BCUT2D eigenvalue weighted by atomic mass is 16.7. The highest BCUT2D eigenvalue weighted by Gasteiger charge is 2.28. The summed E-state index contributed by atoms with van der Waals surface area (Å²) in [6, 6.07) is 1.71. The highest BCUT2D eigenvalue weighted by Crippen LogP contribution is 2.16. The van der Waals surface area contributed by atoms with Crippen molar-refractivity contribution in [1.29, 1.82) is 0 Å². The van der Waals surface area contributed by atoms with E-state index in [1.54, 1.807) is 6.07 Å². The minimum atomic E-state index is -0.998. The molecule has 1 aliphatic heterocycles. The molecule has 1 unspecified atom stereocenters. The van der Waals surface area contributed by atoms with E-state index < -0.39 is 12.1 Å². The minimum absolute atomic E-state index is 0.287. The molecule has 0 spiro atoms. The van der Waals surface area contributed by atoms with Crippen LogP contribution in [0, 0.1) is 0 Å². The summed E-state index contributed by atoms with van der Waals surface area (Å²) in [5.41, 5.74) is 1.38. The summed E-state index contributed by atoms with van der Waals surface area (Å²) >= 11 is 0. The number of hydrogen-bond acceptors (Lipinski definition) is 4. The molecule has 1 N–H and O–H groups in total. The summed E-state index contributed by atoms with van der Waals surface area (Å²) in [7, 11) is 0. The number of carboxylic acid groups (broad SMARTS) is 1. The van der Waals surface area contributed by atoms with Crippen LogP contribution in [0.5, 0.6) is 0 Å². The normalized spacial score (nSPS) is 20.9. The highest BCUT2D eigenvalue weighted by molar-refractivity contribution is 6.03. The second-order valence-corrected chi connectivity index (χ2v) is 2.69. The topological polar surface area (TPSA) is 72.0 Å². The number of furan rings is 1. The van der Waals surface area contributed by atoms with E-state index in [2.05, 4.69) is 5.16 Å². The van der Waals surface area contributed by atoms with Gasteiger partial charge in [-0.2, -0.15) is 0 Å². The Morgan fingerprint density at radius 1 is 1.69 bits per heavy atom. The van der Waals surface area contributed by atoms with Gasteiger partial charge in [0.15, 0.2) is 0 Å². The van der Waals surface area contributed by atoms with Crippen LogP contribution in [-0.2, 0) is 9.63 Å². The number of oxime groups is 1. The second kappa shape index (κ2) is 2.93. The molecule has 0 fully saturated rings. The van der Waals surface area contributed by atoms with Crippen molar-refractivity contribution in [1.82, 2.24) is 0 Å².